The molecule has 0 unspecified atom stereocenters. The molecule has 3 nitrogen and oxygen atoms in total. The first-order valence-corrected chi connectivity index (χ1v) is 6.34. The molecule has 1 aliphatic rings. The van der Waals surface area contributed by atoms with Crippen LogP contribution in [0.3, 0.4) is 0 Å². The first kappa shape index (κ1) is 12.5. The van der Waals surface area contributed by atoms with E-state index in [0.717, 1.165) is 19.4 Å². The first-order valence-electron chi connectivity index (χ1n) is 6.34. The fourth-order valence-electron chi connectivity index (χ4n) is 2.31. The summed E-state index contributed by atoms with van der Waals surface area (Å²) in [5, 5.41) is 2.71. The summed E-state index contributed by atoms with van der Waals surface area (Å²) >= 11 is 0. The van der Waals surface area contributed by atoms with Gasteiger partial charge in [0, 0.05) is 12.2 Å². The lowest BCUT2D eigenvalue weighted by Gasteiger charge is -2.24. The van der Waals surface area contributed by atoms with E-state index in [9.17, 15) is 4.79 Å². The summed E-state index contributed by atoms with van der Waals surface area (Å²) in [7, 11) is 0. The van der Waals surface area contributed by atoms with E-state index in [1.54, 1.807) is 0 Å². The molecule has 3 heteroatoms. The maximum atomic E-state index is 11.7. The van der Waals surface area contributed by atoms with Crippen molar-refractivity contribution in [3.8, 4) is 12.3 Å². The third-order valence-corrected chi connectivity index (χ3v) is 3.18. The average Bonchev–Trinajstić information content (AvgIpc) is 2.59. The van der Waals surface area contributed by atoms with Gasteiger partial charge in [-0.15, -0.1) is 6.42 Å². The number of benzene rings is 1. The Balaban J connectivity index is 2.08. The van der Waals surface area contributed by atoms with Crippen LogP contribution in [0.4, 0.5) is 5.69 Å². The van der Waals surface area contributed by atoms with Crippen molar-refractivity contribution in [2.45, 2.75) is 19.3 Å². The molecule has 0 fully saturated rings. The Bertz CT molecular complexity index is 462. The number of rotatable bonds is 3. The molecule has 0 bridgehead atoms. The van der Waals surface area contributed by atoms with Gasteiger partial charge in [0.2, 0.25) is 5.91 Å². The molecule has 0 spiro atoms. The lowest BCUT2D eigenvalue weighted by Crippen LogP contribution is -2.37. The summed E-state index contributed by atoms with van der Waals surface area (Å²) in [6.07, 6.45) is 8.53. The van der Waals surface area contributed by atoms with Crippen LogP contribution in [0.15, 0.2) is 24.3 Å². The maximum absolute atomic E-state index is 11.7. The van der Waals surface area contributed by atoms with Crippen molar-refractivity contribution in [2.24, 2.45) is 0 Å². The summed E-state index contributed by atoms with van der Waals surface area (Å²) in [4.78, 5) is 13.9. The second kappa shape index (κ2) is 6.11. The zero-order valence-electron chi connectivity index (χ0n) is 10.5. The number of hydrogen-bond donors (Lipinski definition) is 1. The Morgan fingerprint density at radius 3 is 3.06 bits per heavy atom. The molecule has 0 saturated heterocycles. The molecule has 2 rings (SSSR count). The summed E-state index contributed by atoms with van der Waals surface area (Å²) in [6.45, 7) is 1.62. The quantitative estimate of drug-likeness (QED) is 0.816. The molecule has 0 aromatic heterocycles. The van der Waals surface area contributed by atoms with Crippen molar-refractivity contribution in [1.29, 1.82) is 0 Å². The van der Waals surface area contributed by atoms with Gasteiger partial charge in [-0.25, -0.2) is 0 Å². The highest BCUT2D eigenvalue weighted by atomic mass is 16.2. The number of fused-ring (bicyclic) bond motifs is 1. The molecular formula is C15H18N2O. The van der Waals surface area contributed by atoms with Crippen LogP contribution in [0.5, 0.6) is 0 Å². The van der Waals surface area contributed by atoms with Crippen molar-refractivity contribution in [1.82, 2.24) is 5.32 Å². The number of terminal acetylenes is 1. The van der Waals surface area contributed by atoms with Crippen LogP contribution in [0, 0.1) is 12.3 Å². The minimum Gasteiger partial charge on any atom is -0.362 e. The van der Waals surface area contributed by atoms with Gasteiger partial charge in [-0.05, 0) is 30.9 Å². The van der Waals surface area contributed by atoms with Crippen LogP contribution in [-0.4, -0.2) is 25.5 Å². The van der Waals surface area contributed by atoms with E-state index in [4.69, 9.17) is 6.42 Å². The molecule has 1 amide bonds. The number of carbonyl (C=O) groups excluding carboxylic acids is 1. The zero-order chi connectivity index (χ0) is 12.8. The number of aryl methyl sites for hydroxylation is 1. The van der Waals surface area contributed by atoms with E-state index < -0.39 is 0 Å². The summed E-state index contributed by atoms with van der Waals surface area (Å²) < 4.78 is 0. The van der Waals surface area contributed by atoms with Gasteiger partial charge in [-0.1, -0.05) is 24.1 Å². The van der Waals surface area contributed by atoms with Crippen LogP contribution in [0.1, 0.15) is 18.4 Å². The molecule has 1 aromatic rings. The monoisotopic (exact) mass is 242 g/mol. The predicted molar refractivity (Wildman–Crippen MR) is 73.4 cm³/mol. The summed E-state index contributed by atoms with van der Waals surface area (Å²) in [5.41, 5.74) is 2.52. The third kappa shape index (κ3) is 3.04. The Morgan fingerprint density at radius 2 is 2.22 bits per heavy atom. The SMILES string of the molecule is C#CCNC(=O)CN1CCCCc2ccccc21. The van der Waals surface area contributed by atoms with Crippen molar-refractivity contribution in [2.75, 3.05) is 24.5 Å². The third-order valence-electron chi connectivity index (χ3n) is 3.18. The topological polar surface area (TPSA) is 32.3 Å². The molecule has 1 aromatic carbocycles. The summed E-state index contributed by atoms with van der Waals surface area (Å²) in [5.74, 6) is 2.41. The van der Waals surface area contributed by atoms with E-state index in [-0.39, 0.29) is 5.91 Å². The van der Waals surface area contributed by atoms with Crippen LogP contribution < -0.4 is 10.2 Å². The largest absolute Gasteiger partial charge is 0.362 e. The van der Waals surface area contributed by atoms with Crippen LogP contribution in [-0.2, 0) is 11.2 Å². The van der Waals surface area contributed by atoms with Gasteiger partial charge in [0.1, 0.15) is 0 Å². The molecule has 1 N–H and O–H groups in total. The molecule has 1 heterocycles. The van der Waals surface area contributed by atoms with E-state index in [0.29, 0.717) is 13.1 Å². The number of hydrogen-bond acceptors (Lipinski definition) is 2. The van der Waals surface area contributed by atoms with Gasteiger partial charge in [-0.2, -0.15) is 0 Å². The Hall–Kier alpha value is -1.95. The van der Waals surface area contributed by atoms with Crippen LogP contribution >= 0.6 is 0 Å². The smallest absolute Gasteiger partial charge is 0.240 e. The Kier molecular flexibility index (Phi) is 4.25. The van der Waals surface area contributed by atoms with Gasteiger partial charge in [0.25, 0.3) is 0 Å². The van der Waals surface area contributed by atoms with Crippen molar-refractivity contribution >= 4 is 11.6 Å². The van der Waals surface area contributed by atoms with Crippen LogP contribution in [0.2, 0.25) is 0 Å². The molecule has 0 saturated carbocycles. The number of anilines is 1. The lowest BCUT2D eigenvalue weighted by molar-refractivity contribution is -0.119. The van der Waals surface area contributed by atoms with E-state index in [1.165, 1.54) is 17.7 Å². The normalized spacial score (nSPS) is 14.3. The van der Waals surface area contributed by atoms with E-state index in [2.05, 4.69) is 34.3 Å². The zero-order valence-corrected chi connectivity index (χ0v) is 10.5. The average molecular weight is 242 g/mol. The number of carbonyl (C=O) groups is 1. The fraction of sp³-hybridized carbons (Fsp3) is 0.400. The van der Waals surface area contributed by atoms with E-state index >= 15 is 0 Å². The van der Waals surface area contributed by atoms with E-state index in [1.807, 2.05) is 6.07 Å². The standard InChI is InChI=1S/C15H18N2O/c1-2-10-16-15(18)12-17-11-6-5-8-13-7-3-4-9-14(13)17/h1,3-4,7,9H,5-6,8,10-12H2,(H,16,18). The molecular weight excluding hydrogens is 224 g/mol. The minimum absolute atomic E-state index is 0.00958. The molecule has 0 radical (unpaired) electrons. The molecule has 0 aliphatic carbocycles. The van der Waals surface area contributed by atoms with Gasteiger partial charge < -0.3 is 10.2 Å². The second-order valence-corrected chi connectivity index (χ2v) is 4.49. The number of nitrogens with one attached hydrogen (secondary N) is 1. The van der Waals surface area contributed by atoms with Gasteiger partial charge in [-0.3, -0.25) is 4.79 Å². The molecule has 0 atom stereocenters. The second-order valence-electron chi connectivity index (χ2n) is 4.49. The summed E-state index contributed by atoms with van der Waals surface area (Å²) in [6, 6.07) is 8.32. The highest BCUT2D eigenvalue weighted by Gasteiger charge is 2.16. The maximum Gasteiger partial charge on any atom is 0.240 e. The Labute approximate surface area is 108 Å². The predicted octanol–water partition coefficient (Wildman–Crippen LogP) is 1.58. The molecule has 1 aliphatic heterocycles. The van der Waals surface area contributed by atoms with Gasteiger partial charge in [0.05, 0.1) is 13.1 Å². The minimum atomic E-state index is -0.00958. The fourth-order valence-corrected chi connectivity index (χ4v) is 2.31. The lowest BCUT2D eigenvalue weighted by atomic mass is 10.1. The first-order chi connectivity index (χ1) is 8.81. The van der Waals surface area contributed by atoms with Crippen LogP contribution in [0.25, 0.3) is 0 Å². The number of amides is 1. The molecule has 18 heavy (non-hydrogen) atoms. The van der Waals surface area contributed by atoms with Gasteiger partial charge >= 0.3 is 0 Å². The Morgan fingerprint density at radius 1 is 1.39 bits per heavy atom. The number of para-hydroxylation sites is 1. The number of nitrogens with zero attached hydrogens (tertiary/aromatic N) is 1. The van der Waals surface area contributed by atoms with Crippen molar-refractivity contribution in [3.05, 3.63) is 29.8 Å². The highest BCUT2D eigenvalue weighted by molar-refractivity contribution is 5.82. The van der Waals surface area contributed by atoms with Gasteiger partial charge in [0.15, 0.2) is 0 Å². The molecule has 94 valence electrons. The van der Waals surface area contributed by atoms with Crippen molar-refractivity contribution < 1.29 is 4.79 Å². The highest BCUT2D eigenvalue weighted by Crippen LogP contribution is 2.25. The van der Waals surface area contributed by atoms with Crippen molar-refractivity contribution in [3.63, 3.8) is 0 Å².